The number of aryl methyl sites for hydroxylation is 1. The monoisotopic (exact) mass is 362 g/mol. The van der Waals surface area contributed by atoms with Crippen molar-refractivity contribution in [2.24, 2.45) is 4.99 Å². The van der Waals surface area contributed by atoms with Gasteiger partial charge >= 0.3 is 0 Å². The summed E-state index contributed by atoms with van der Waals surface area (Å²) in [5.74, 6) is 1.26. The third-order valence-electron chi connectivity index (χ3n) is 3.76. The first-order valence-electron chi connectivity index (χ1n) is 8.89. The molecule has 1 aromatic carbocycles. The molecular weight excluding hydrogens is 335 g/mol. The van der Waals surface area contributed by atoms with Gasteiger partial charge in [-0.25, -0.2) is 4.39 Å². The predicted molar refractivity (Wildman–Crippen MR) is 99.8 cm³/mol. The number of benzene rings is 1. The minimum atomic E-state index is -0.264. The number of ether oxygens (including phenoxy) is 1. The average molecular weight is 362 g/mol. The number of likely N-dealkylation sites (N-methyl/N-ethyl adjacent to an activating group) is 1. The number of hydrogen-bond donors (Lipinski definition) is 1. The molecule has 1 N–H and O–H groups in total. The lowest BCUT2D eigenvalue weighted by molar-refractivity contribution is 0.281. The van der Waals surface area contributed by atoms with Gasteiger partial charge < -0.3 is 19.5 Å². The second-order valence-electron chi connectivity index (χ2n) is 5.87. The maximum Gasteiger partial charge on any atom is 0.193 e. The Labute approximate surface area is 153 Å². The van der Waals surface area contributed by atoms with Crippen molar-refractivity contribution in [3.8, 4) is 5.75 Å². The molecule has 8 heteroatoms. The van der Waals surface area contributed by atoms with Crippen LogP contribution in [0.5, 0.6) is 5.75 Å². The van der Waals surface area contributed by atoms with Crippen molar-refractivity contribution in [1.29, 1.82) is 0 Å². The molecule has 0 unspecified atom stereocenters. The maximum atomic E-state index is 12.9. The lowest BCUT2D eigenvalue weighted by Gasteiger charge is -2.22. The predicted octanol–water partition coefficient (Wildman–Crippen LogP) is 2.17. The molecule has 0 saturated heterocycles. The van der Waals surface area contributed by atoms with E-state index in [0.29, 0.717) is 18.9 Å². The number of nitrogens with one attached hydrogen (secondary N) is 1. The van der Waals surface area contributed by atoms with Crippen molar-refractivity contribution in [2.45, 2.75) is 26.3 Å². The van der Waals surface area contributed by atoms with E-state index in [1.807, 2.05) is 23.4 Å². The summed E-state index contributed by atoms with van der Waals surface area (Å²) < 4.78 is 20.5. The van der Waals surface area contributed by atoms with E-state index >= 15 is 0 Å². The van der Waals surface area contributed by atoms with Crippen molar-refractivity contribution in [3.05, 3.63) is 42.7 Å². The summed E-state index contributed by atoms with van der Waals surface area (Å²) in [6, 6.07) is 6.05. The van der Waals surface area contributed by atoms with Gasteiger partial charge in [0.1, 0.15) is 30.8 Å². The first-order chi connectivity index (χ1) is 12.7. The first kappa shape index (κ1) is 19.7. The Balaban J connectivity index is 1.70. The van der Waals surface area contributed by atoms with Gasteiger partial charge in [0.15, 0.2) is 5.96 Å². The van der Waals surface area contributed by atoms with E-state index in [2.05, 4.69) is 20.5 Å². The highest BCUT2D eigenvalue weighted by molar-refractivity contribution is 5.79. The van der Waals surface area contributed by atoms with E-state index in [0.717, 1.165) is 38.4 Å². The molecule has 1 aromatic heterocycles. The molecule has 7 nitrogen and oxygen atoms in total. The van der Waals surface area contributed by atoms with Gasteiger partial charge in [-0.05, 0) is 44.0 Å². The molecular formula is C18H27FN6O. The summed E-state index contributed by atoms with van der Waals surface area (Å²) in [5.41, 5.74) is 0. The van der Waals surface area contributed by atoms with Crippen LogP contribution in [0.1, 0.15) is 19.8 Å². The number of unbranched alkanes of at least 4 members (excludes halogenated alkanes) is 1. The Morgan fingerprint density at radius 2 is 1.96 bits per heavy atom. The highest BCUT2D eigenvalue weighted by Gasteiger charge is 2.05. The van der Waals surface area contributed by atoms with E-state index < -0.39 is 0 Å². The van der Waals surface area contributed by atoms with Gasteiger partial charge in [-0.1, -0.05) is 0 Å². The maximum absolute atomic E-state index is 12.9. The van der Waals surface area contributed by atoms with Crippen LogP contribution >= 0.6 is 0 Å². The van der Waals surface area contributed by atoms with Crippen LogP contribution in [0.25, 0.3) is 0 Å². The van der Waals surface area contributed by atoms with Gasteiger partial charge in [-0.2, -0.15) is 0 Å². The van der Waals surface area contributed by atoms with Crippen molar-refractivity contribution in [1.82, 2.24) is 25.0 Å². The number of halogens is 1. The Morgan fingerprint density at radius 3 is 2.65 bits per heavy atom. The van der Waals surface area contributed by atoms with Gasteiger partial charge in [0, 0.05) is 26.7 Å². The van der Waals surface area contributed by atoms with Gasteiger partial charge in [0.25, 0.3) is 0 Å². The topological polar surface area (TPSA) is 67.6 Å². The summed E-state index contributed by atoms with van der Waals surface area (Å²) in [7, 11) is 1.98. The third kappa shape index (κ3) is 7.08. The lowest BCUT2D eigenvalue weighted by atomic mass is 10.3. The summed E-state index contributed by atoms with van der Waals surface area (Å²) >= 11 is 0. The van der Waals surface area contributed by atoms with E-state index in [1.165, 1.54) is 12.1 Å². The van der Waals surface area contributed by atoms with Crippen LogP contribution in [-0.4, -0.2) is 58.9 Å². The molecule has 1 heterocycles. The molecule has 2 aromatic rings. The summed E-state index contributed by atoms with van der Waals surface area (Å²) in [6.45, 7) is 5.70. The highest BCUT2D eigenvalue weighted by Crippen LogP contribution is 2.10. The normalized spacial score (nSPS) is 11.4. The van der Waals surface area contributed by atoms with Crippen LogP contribution in [0.2, 0.25) is 0 Å². The molecule has 0 aliphatic rings. The molecule has 0 atom stereocenters. The number of rotatable bonds is 10. The van der Waals surface area contributed by atoms with Crippen molar-refractivity contribution in [2.75, 3.05) is 33.3 Å². The second kappa shape index (κ2) is 11.1. The first-order valence-corrected chi connectivity index (χ1v) is 8.89. The molecule has 26 heavy (non-hydrogen) atoms. The molecule has 0 bridgehead atoms. The lowest BCUT2D eigenvalue weighted by Crippen LogP contribution is -2.41. The molecule has 0 radical (unpaired) electrons. The number of aromatic nitrogens is 3. The van der Waals surface area contributed by atoms with Crippen molar-refractivity contribution >= 4 is 5.96 Å². The minimum Gasteiger partial charge on any atom is -0.492 e. The third-order valence-corrected chi connectivity index (χ3v) is 3.76. The SMILES string of the molecule is CCNC(=NCCCCn1cnnc1)N(C)CCOc1ccc(F)cc1. The highest BCUT2D eigenvalue weighted by atomic mass is 19.1. The molecule has 0 amide bonds. The molecule has 2 rings (SSSR count). The van der Waals surface area contributed by atoms with E-state index in [4.69, 9.17) is 4.74 Å². The Bertz CT molecular complexity index is 644. The number of guanidine groups is 1. The Morgan fingerprint density at radius 1 is 1.23 bits per heavy atom. The van der Waals surface area contributed by atoms with Crippen LogP contribution in [0.3, 0.4) is 0 Å². The molecule has 0 saturated carbocycles. The van der Waals surface area contributed by atoms with Crippen LogP contribution < -0.4 is 10.1 Å². The zero-order chi connectivity index (χ0) is 18.6. The quantitative estimate of drug-likeness (QED) is 0.399. The van der Waals surface area contributed by atoms with Gasteiger partial charge in [-0.15, -0.1) is 10.2 Å². The Hall–Kier alpha value is -2.64. The number of nitrogens with zero attached hydrogens (tertiary/aromatic N) is 5. The summed E-state index contributed by atoms with van der Waals surface area (Å²) in [4.78, 5) is 6.69. The van der Waals surface area contributed by atoms with Crippen LogP contribution in [0, 0.1) is 5.82 Å². The molecule has 0 aliphatic heterocycles. The fourth-order valence-electron chi connectivity index (χ4n) is 2.34. The van der Waals surface area contributed by atoms with Gasteiger partial charge in [0.05, 0.1) is 6.54 Å². The van der Waals surface area contributed by atoms with E-state index in [-0.39, 0.29) is 5.82 Å². The van der Waals surface area contributed by atoms with Crippen LogP contribution in [0.4, 0.5) is 4.39 Å². The standard InChI is InChI=1S/C18H27FN6O/c1-3-20-18(21-10-4-5-11-25-14-22-23-15-25)24(2)12-13-26-17-8-6-16(19)7-9-17/h6-9,14-15H,3-5,10-13H2,1-2H3,(H,20,21). The average Bonchev–Trinajstić information content (AvgIpc) is 3.15. The number of aliphatic imine (C=N–C) groups is 1. The van der Waals surface area contributed by atoms with Gasteiger partial charge in [0.2, 0.25) is 0 Å². The number of hydrogen-bond acceptors (Lipinski definition) is 4. The summed E-state index contributed by atoms with van der Waals surface area (Å²) in [5, 5.41) is 10.9. The smallest absolute Gasteiger partial charge is 0.193 e. The molecule has 0 fully saturated rings. The Kier molecular flexibility index (Phi) is 8.38. The largest absolute Gasteiger partial charge is 0.492 e. The van der Waals surface area contributed by atoms with Gasteiger partial charge in [-0.3, -0.25) is 4.99 Å². The summed E-state index contributed by atoms with van der Waals surface area (Å²) in [6.07, 6.45) is 5.47. The zero-order valence-corrected chi connectivity index (χ0v) is 15.4. The fraction of sp³-hybridized carbons (Fsp3) is 0.500. The molecule has 0 aliphatic carbocycles. The zero-order valence-electron chi connectivity index (χ0n) is 15.4. The van der Waals surface area contributed by atoms with Crippen molar-refractivity contribution in [3.63, 3.8) is 0 Å². The van der Waals surface area contributed by atoms with E-state index in [9.17, 15) is 4.39 Å². The fourth-order valence-corrected chi connectivity index (χ4v) is 2.34. The van der Waals surface area contributed by atoms with Crippen molar-refractivity contribution < 1.29 is 9.13 Å². The van der Waals surface area contributed by atoms with Crippen LogP contribution in [-0.2, 0) is 6.54 Å². The van der Waals surface area contributed by atoms with E-state index in [1.54, 1.807) is 24.8 Å². The van der Waals surface area contributed by atoms with Crippen LogP contribution in [0.15, 0.2) is 41.9 Å². The molecule has 0 spiro atoms. The second-order valence-corrected chi connectivity index (χ2v) is 5.87. The molecule has 142 valence electrons. The minimum absolute atomic E-state index is 0.264.